The molecule has 7 rings (SSSR count). The van der Waals surface area contributed by atoms with Crippen LogP contribution in [0.2, 0.25) is 0 Å². The highest BCUT2D eigenvalue weighted by Gasteiger charge is 2.51. The van der Waals surface area contributed by atoms with Crippen LogP contribution in [-0.2, 0) is 9.47 Å². The predicted molar refractivity (Wildman–Crippen MR) is 156 cm³/mol. The molecule has 6 heterocycles. The lowest BCUT2D eigenvalue weighted by Crippen LogP contribution is -2.61. The van der Waals surface area contributed by atoms with Crippen molar-refractivity contribution in [3.8, 4) is 11.5 Å². The van der Waals surface area contributed by atoms with Gasteiger partial charge in [0.15, 0.2) is 11.6 Å². The van der Waals surface area contributed by atoms with E-state index < -0.39 is 17.3 Å². The van der Waals surface area contributed by atoms with Gasteiger partial charge in [0.1, 0.15) is 46.0 Å². The molecule has 220 valence electrons. The molecule has 1 atom stereocenters. The van der Waals surface area contributed by atoms with Crippen LogP contribution in [0.1, 0.15) is 45.2 Å². The third-order valence-electron chi connectivity index (χ3n) is 7.99. The van der Waals surface area contributed by atoms with E-state index >= 15 is 0 Å². The fourth-order valence-corrected chi connectivity index (χ4v) is 6.71. The molecule has 0 unspecified atom stereocenters. The number of para-hydroxylation sites is 1. The van der Waals surface area contributed by atoms with E-state index in [9.17, 15) is 4.79 Å². The maximum absolute atomic E-state index is 12.8. The number of benzene rings is 1. The number of fused-ring (bicyclic) bond motifs is 2. The van der Waals surface area contributed by atoms with E-state index in [-0.39, 0.29) is 11.6 Å². The number of ether oxygens (including phenoxy) is 4. The van der Waals surface area contributed by atoms with Crippen LogP contribution in [0.3, 0.4) is 0 Å². The molecular weight excluding hydrogens is 556 g/mol. The Kier molecular flexibility index (Phi) is 6.58. The molecule has 1 amide bonds. The summed E-state index contributed by atoms with van der Waals surface area (Å²) in [4.78, 5) is 29.8. The summed E-state index contributed by atoms with van der Waals surface area (Å²) >= 11 is 1.50. The van der Waals surface area contributed by atoms with Gasteiger partial charge in [0.05, 0.1) is 30.5 Å². The topological polar surface area (TPSA) is 120 Å². The highest BCUT2D eigenvalue weighted by molar-refractivity contribution is 7.99. The Hall–Kier alpha value is -3.77. The van der Waals surface area contributed by atoms with Crippen molar-refractivity contribution in [1.82, 2.24) is 20.3 Å². The van der Waals surface area contributed by atoms with Crippen LogP contribution >= 0.6 is 11.8 Å². The van der Waals surface area contributed by atoms with Crippen molar-refractivity contribution in [2.24, 2.45) is 0 Å². The van der Waals surface area contributed by atoms with E-state index in [1.165, 1.54) is 11.8 Å². The first-order valence-corrected chi connectivity index (χ1v) is 15.0. The van der Waals surface area contributed by atoms with Crippen molar-refractivity contribution < 1.29 is 23.7 Å². The fraction of sp³-hybridized carbons (Fsp3) is 0.467. The van der Waals surface area contributed by atoms with Gasteiger partial charge in [-0.15, -0.1) is 0 Å². The number of aromatic nitrogens is 3. The first-order chi connectivity index (χ1) is 20.2. The van der Waals surface area contributed by atoms with Crippen molar-refractivity contribution in [2.75, 3.05) is 43.1 Å². The van der Waals surface area contributed by atoms with Gasteiger partial charge in [0.2, 0.25) is 0 Å². The minimum absolute atomic E-state index is 0.171. The highest BCUT2D eigenvalue weighted by atomic mass is 32.2. The van der Waals surface area contributed by atoms with Gasteiger partial charge in [-0.05, 0) is 32.9 Å². The normalized spacial score (nSPS) is 21.3. The zero-order valence-electron chi connectivity index (χ0n) is 23.9. The largest absolute Gasteiger partial charge is 0.486 e. The van der Waals surface area contributed by atoms with Crippen molar-refractivity contribution >= 4 is 29.5 Å². The molecule has 42 heavy (non-hydrogen) atoms. The quantitative estimate of drug-likeness (QED) is 0.444. The van der Waals surface area contributed by atoms with Crippen LogP contribution in [0.4, 0.5) is 16.4 Å². The van der Waals surface area contributed by atoms with Gasteiger partial charge >= 0.3 is 6.09 Å². The molecule has 2 N–H and O–H groups in total. The van der Waals surface area contributed by atoms with Crippen molar-refractivity contribution in [3.05, 3.63) is 54.5 Å². The van der Waals surface area contributed by atoms with Crippen molar-refractivity contribution in [2.45, 2.75) is 66.3 Å². The lowest BCUT2D eigenvalue weighted by molar-refractivity contribution is -0.0652. The Bertz CT molecular complexity index is 1480. The van der Waals surface area contributed by atoms with Crippen LogP contribution in [-0.4, -0.2) is 70.7 Å². The molecule has 2 aromatic heterocycles. The average molecular weight is 591 g/mol. The van der Waals surface area contributed by atoms with E-state index in [0.29, 0.717) is 45.8 Å². The summed E-state index contributed by atoms with van der Waals surface area (Å²) in [5.74, 6) is 3.08. The number of piperidine rings is 1. The Labute approximate surface area is 248 Å². The Morgan fingerprint density at radius 3 is 2.62 bits per heavy atom. The third kappa shape index (κ3) is 5.06. The van der Waals surface area contributed by atoms with Crippen LogP contribution in [0.25, 0.3) is 0 Å². The molecule has 2 spiro atoms. The van der Waals surface area contributed by atoms with E-state index in [2.05, 4.69) is 20.5 Å². The third-order valence-corrected chi connectivity index (χ3v) is 8.96. The summed E-state index contributed by atoms with van der Waals surface area (Å²) in [5, 5.41) is 7.36. The molecule has 4 aliphatic heterocycles. The summed E-state index contributed by atoms with van der Waals surface area (Å²) < 4.78 is 23.6. The van der Waals surface area contributed by atoms with E-state index in [0.717, 1.165) is 38.6 Å². The molecule has 0 radical (unpaired) electrons. The number of hydrogen-bond acceptors (Lipinski definition) is 11. The fourth-order valence-electron chi connectivity index (χ4n) is 5.89. The Morgan fingerprint density at radius 1 is 1.10 bits per heavy atom. The van der Waals surface area contributed by atoms with Gasteiger partial charge in [-0.1, -0.05) is 30.0 Å². The summed E-state index contributed by atoms with van der Waals surface area (Å²) in [6, 6.07) is 9.53. The number of nitrogens with zero attached hydrogens (tertiary/aromatic N) is 4. The summed E-state index contributed by atoms with van der Waals surface area (Å²) in [6.45, 7) is 8.80. The van der Waals surface area contributed by atoms with Gasteiger partial charge < -0.3 is 34.5 Å². The highest BCUT2D eigenvalue weighted by Crippen LogP contribution is 2.49. The van der Waals surface area contributed by atoms with Crippen molar-refractivity contribution in [1.29, 1.82) is 0 Å². The molecule has 3 aromatic rings. The van der Waals surface area contributed by atoms with E-state index in [1.807, 2.05) is 57.3 Å². The summed E-state index contributed by atoms with van der Waals surface area (Å²) in [5.41, 5.74) is -0.335. The number of alkyl carbamates (subject to hydrolysis) is 1. The van der Waals surface area contributed by atoms with Crippen LogP contribution < -0.4 is 25.0 Å². The lowest BCUT2D eigenvalue weighted by Gasteiger charge is -2.45. The zero-order chi connectivity index (χ0) is 29.0. The molecule has 11 nitrogen and oxygen atoms in total. The van der Waals surface area contributed by atoms with Gasteiger partial charge in [0, 0.05) is 37.7 Å². The molecule has 2 fully saturated rings. The average Bonchev–Trinajstić information content (AvgIpc) is 3.24. The molecular formula is C30H34N6O5S. The minimum atomic E-state index is -0.586. The van der Waals surface area contributed by atoms with Gasteiger partial charge in [-0.2, -0.15) is 0 Å². The monoisotopic (exact) mass is 590 g/mol. The second-order valence-electron chi connectivity index (χ2n) is 12.3. The zero-order valence-corrected chi connectivity index (χ0v) is 24.7. The summed E-state index contributed by atoms with van der Waals surface area (Å²) in [7, 11) is 0. The Balaban J connectivity index is 1.02. The number of amides is 1. The standard InChI is InChI=1S/C30H34N6O5S/c1-28(2,3)41-27(37)34-25-19-6-4-5-7-20(19)40-30(25)9-12-36(13-10-30)22-14-33-23(15-32-22)42-21-8-11-31-26-24(21)39-18-29(35-26)16-38-17-29/h4-8,11,14-15,25H,9-10,12-13,16-18H2,1-3H3,(H,31,35)(H,34,37)/t25-/m1/s1. The molecule has 0 saturated carbocycles. The maximum Gasteiger partial charge on any atom is 0.408 e. The molecule has 1 aromatic carbocycles. The van der Waals surface area contributed by atoms with Gasteiger partial charge in [-0.25, -0.2) is 19.7 Å². The second-order valence-corrected chi connectivity index (χ2v) is 13.3. The number of carbonyl (C=O) groups excluding carboxylic acids is 1. The van der Waals surface area contributed by atoms with Crippen LogP contribution in [0, 0.1) is 0 Å². The maximum atomic E-state index is 12.8. The smallest absolute Gasteiger partial charge is 0.408 e. The number of pyridine rings is 1. The van der Waals surface area contributed by atoms with Crippen LogP contribution in [0.15, 0.2) is 58.8 Å². The number of hydrogen-bond donors (Lipinski definition) is 2. The molecule has 12 heteroatoms. The second kappa shape index (κ2) is 10.2. The van der Waals surface area contributed by atoms with Crippen molar-refractivity contribution in [3.63, 3.8) is 0 Å². The van der Waals surface area contributed by atoms with Gasteiger partial charge in [-0.3, -0.25) is 0 Å². The Morgan fingerprint density at radius 2 is 1.90 bits per heavy atom. The molecule has 4 aliphatic rings. The SMILES string of the molecule is CC(C)(C)OC(=O)N[C@@H]1c2ccccc2OC12CCN(c1cnc(Sc3ccnc4c3OCC3(COC3)N4)cn1)CC2. The number of anilines is 2. The first kappa shape index (κ1) is 27.1. The molecule has 2 saturated heterocycles. The molecule has 0 aliphatic carbocycles. The van der Waals surface area contributed by atoms with Gasteiger partial charge in [0.25, 0.3) is 0 Å². The first-order valence-electron chi connectivity index (χ1n) is 14.2. The summed E-state index contributed by atoms with van der Waals surface area (Å²) in [6.07, 6.45) is 6.36. The van der Waals surface area contributed by atoms with Crippen LogP contribution in [0.5, 0.6) is 11.5 Å². The number of rotatable bonds is 4. The van der Waals surface area contributed by atoms with E-state index in [1.54, 1.807) is 12.4 Å². The predicted octanol–water partition coefficient (Wildman–Crippen LogP) is 4.59. The number of nitrogens with one attached hydrogen (secondary N) is 2. The number of carbonyl (C=O) groups is 1. The minimum Gasteiger partial charge on any atom is -0.486 e. The van der Waals surface area contributed by atoms with E-state index in [4.69, 9.17) is 28.9 Å². The lowest BCUT2D eigenvalue weighted by atomic mass is 9.82. The molecule has 0 bridgehead atoms.